The molecule has 0 aromatic heterocycles. The Morgan fingerprint density at radius 2 is 2.17 bits per heavy atom. The maximum atomic E-state index is 9.15. The molecule has 0 unspecified atom stereocenters. The molecular formula is C13H19ClN2OS. The third-order valence-corrected chi connectivity index (χ3v) is 3.17. The van der Waals surface area contributed by atoms with Crippen molar-refractivity contribution in [3.63, 3.8) is 0 Å². The lowest BCUT2D eigenvalue weighted by atomic mass is 10.1. The topological polar surface area (TPSA) is 49.5 Å². The van der Waals surface area contributed by atoms with Crippen LogP contribution in [0.25, 0.3) is 0 Å². The molecule has 18 heavy (non-hydrogen) atoms. The van der Waals surface area contributed by atoms with Gasteiger partial charge in [-0.15, -0.1) is 0 Å². The summed E-state index contributed by atoms with van der Waals surface area (Å²) in [6.07, 6.45) is 2.15. The van der Waals surface area contributed by atoms with Crippen LogP contribution in [-0.2, 0) is 0 Å². The Bertz CT molecular complexity index is 412. The van der Waals surface area contributed by atoms with E-state index in [1.807, 2.05) is 12.1 Å². The Kier molecular flexibility index (Phi) is 6.39. The molecule has 3 N–H and O–H groups in total. The second-order valence-electron chi connectivity index (χ2n) is 4.09. The highest BCUT2D eigenvalue weighted by Crippen LogP contribution is 2.24. The molecule has 0 radical (unpaired) electrons. The summed E-state index contributed by atoms with van der Waals surface area (Å²) in [7, 11) is 0. The summed E-state index contributed by atoms with van der Waals surface area (Å²) in [5.41, 5.74) is 7.43. The van der Waals surface area contributed by atoms with E-state index in [9.17, 15) is 0 Å². The van der Waals surface area contributed by atoms with Gasteiger partial charge >= 0.3 is 0 Å². The maximum absolute atomic E-state index is 9.15. The number of hydrogen-bond acceptors (Lipinski definition) is 3. The number of aliphatic hydroxyl groups excluding tert-OH is 1. The largest absolute Gasteiger partial charge is 0.395 e. The predicted octanol–water partition coefficient (Wildman–Crippen LogP) is 2.57. The van der Waals surface area contributed by atoms with Crippen molar-refractivity contribution >= 4 is 34.5 Å². The Hall–Kier alpha value is -0.840. The number of hydrogen-bond donors (Lipinski definition) is 2. The summed E-state index contributed by atoms with van der Waals surface area (Å²) in [5.74, 6) is 0. The molecule has 1 aromatic carbocycles. The van der Waals surface area contributed by atoms with E-state index in [1.165, 1.54) is 0 Å². The van der Waals surface area contributed by atoms with Gasteiger partial charge in [0, 0.05) is 29.4 Å². The van der Waals surface area contributed by atoms with Gasteiger partial charge in [0.25, 0.3) is 0 Å². The van der Waals surface area contributed by atoms with E-state index in [0.29, 0.717) is 16.6 Å². The molecule has 0 bridgehead atoms. The molecule has 0 saturated heterocycles. The van der Waals surface area contributed by atoms with Crippen LogP contribution in [0.2, 0.25) is 5.02 Å². The monoisotopic (exact) mass is 286 g/mol. The van der Waals surface area contributed by atoms with Gasteiger partial charge in [0.15, 0.2) is 0 Å². The Morgan fingerprint density at radius 1 is 1.44 bits per heavy atom. The summed E-state index contributed by atoms with van der Waals surface area (Å²) in [4.78, 5) is 2.42. The fourth-order valence-electron chi connectivity index (χ4n) is 1.80. The predicted molar refractivity (Wildman–Crippen MR) is 81.5 cm³/mol. The number of benzene rings is 1. The van der Waals surface area contributed by atoms with Crippen molar-refractivity contribution in [2.45, 2.75) is 19.8 Å². The molecule has 0 amide bonds. The number of rotatable bonds is 7. The highest BCUT2D eigenvalue weighted by Gasteiger charge is 2.12. The van der Waals surface area contributed by atoms with Gasteiger partial charge in [-0.1, -0.05) is 37.2 Å². The van der Waals surface area contributed by atoms with Crippen molar-refractivity contribution < 1.29 is 5.11 Å². The minimum absolute atomic E-state index is 0.100. The van der Waals surface area contributed by atoms with Crippen LogP contribution in [-0.4, -0.2) is 29.8 Å². The van der Waals surface area contributed by atoms with Crippen LogP contribution in [0.5, 0.6) is 0 Å². The van der Waals surface area contributed by atoms with E-state index >= 15 is 0 Å². The number of aliphatic hydroxyl groups is 1. The first-order valence-electron chi connectivity index (χ1n) is 6.05. The molecule has 5 heteroatoms. The number of nitrogens with zero attached hydrogens (tertiary/aromatic N) is 1. The molecule has 0 spiro atoms. The van der Waals surface area contributed by atoms with Gasteiger partial charge in [-0.25, -0.2) is 0 Å². The average molecular weight is 287 g/mol. The molecule has 1 aromatic rings. The summed E-state index contributed by atoms with van der Waals surface area (Å²) in [5, 5.41) is 9.76. The lowest BCUT2D eigenvalue weighted by Gasteiger charge is -2.26. The van der Waals surface area contributed by atoms with E-state index in [1.54, 1.807) is 6.07 Å². The normalized spacial score (nSPS) is 10.4. The van der Waals surface area contributed by atoms with E-state index < -0.39 is 0 Å². The average Bonchev–Trinajstić information content (AvgIpc) is 2.34. The summed E-state index contributed by atoms with van der Waals surface area (Å²) < 4.78 is 0. The van der Waals surface area contributed by atoms with E-state index in [4.69, 9.17) is 34.7 Å². The quantitative estimate of drug-likeness (QED) is 0.757. The van der Waals surface area contributed by atoms with Gasteiger partial charge in [-0.05, 0) is 24.6 Å². The molecule has 0 atom stereocenters. The van der Waals surface area contributed by atoms with Crippen molar-refractivity contribution in [3.8, 4) is 0 Å². The van der Waals surface area contributed by atoms with Gasteiger partial charge in [0.2, 0.25) is 0 Å². The van der Waals surface area contributed by atoms with Crippen molar-refractivity contribution in [2.24, 2.45) is 5.73 Å². The summed E-state index contributed by atoms with van der Waals surface area (Å²) in [6.45, 7) is 3.67. The molecular weight excluding hydrogens is 268 g/mol. The van der Waals surface area contributed by atoms with E-state index in [2.05, 4.69) is 11.8 Å². The van der Waals surface area contributed by atoms with Crippen molar-refractivity contribution in [1.82, 2.24) is 0 Å². The van der Waals surface area contributed by atoms with Crippen LogP contribution in [0.15, 0.2) is 18.2 Å². The minimum atomic E-state index is 0.100. The molecule has 0 aliphatic heterocycles. The first-order valence-corrected chi connectivity index (χ1v) is 6.84. The van der Waals surface area contributed by atoms with Gasteiger partial charge in [0.05, 0.1) is 6.61 Å². The molecule has 0 aliphatic rings. The number of unbranched alkanes of at least 4 members (excludes halogenated alkanes) is 1. The van der Waals surface area contributed by atoms with Crippen LogP contribution in [0.1, 0.15) is 25.3 Å². The van der Waals surface area contributed by atoms with Crippen molar-refractivity contribution in [1.29, 1.82) is 0 Å². The van der Waals surface area contributed by atoms with Crippen LogP contribution in [0.3, 0.4) is 0 Å². The molecule has 3 nitrogen and oxygen atoms in total. The SMILES string of the molecule is CCCCN(CCO)c1ccc(Cl)cc1C(N)=S. The van der Waals surface area contributed by atoms with Gasteiger partial charge < -0.3 is 15.7 Å². The van der Waals surface area contributed by atoms with Gasteiger partial charge in [0.1, 0.15) is 4.99 Å². The molecule has 100 valence electrons. The third kappa shape index (κ3) is 4.12. The number of thiocarbonyl (C=S) groups is 1. The second-order valence-corrected chi connectivity index (χ2v) is 4.97. The number of nitrogens with two attached hydrogens (primary N) is 1. The fraction of sp³-hybridized carbons (Fsp3) is 0.462. The molecule has 0 heterocycles. The van der Waals surface area contributed by atoms with Crippen molar-refractivity contribution in [3.05, 3.63) is 28.8 Å². The maximum Gasteiger partial charge on any atom is 0.106 e. The number of anilines is 1. The standard InChI is InChI=1S/C13H19ClN2OS/c1-2-3-6-16(7-8-17)12-5-4-10(14)9-11(12)13(15)18/h4-5,9,17H,2-3,6-8H2,1H3,(H2,15,18). The summed E-state index contributed by atoms with van der Waals surface area (Å²) >= 11 is 11.0. The van der Waals surface area contributed by atoms with Crippen LogP contribution >= 0.6 is 23.8 Å². The Labute approximate surface area is 119 Å². The lowest BCUT2D eigenvalue weighted by molar-refractivity contribution is 0.301. The second kappa shape index (κ2) is 7.56. The summed E-state index contributed by atoms with van der Waals surface area (Å²) in [6, 6.07) is 5.49. The van der Waals surface area contributed by atoms with E-state index in [0.717, 1.165) is 30.6 Å². The molecule has 0 fully saturated rings. The van der Waals surface area contributed by atoms with Gasteiger partial charge in [-0.2, -0.15) is 0 Å². The molecule has 1 rings (SSSR count). The zero-order chi connectivity index (χ0) is 13.5. The van der Waals surface area contributed by atoms with Crippen LogP contribution in [0, 0.1) is 0 Å². The third-order valence-electron chi connectivity index (χ3n) is 2.72. The van der Waals surface area contributed by atoms with Crippen molar-refractivity contribution in [2.75, 3.05) is 24.6 Å². The minimum Gasteiger partial charge on any atom is -0.395 e. The van der Waals surface area contributed by atoms with E-state index in [-0.39, 0.29) is 6.61 Å². The lowest BCUT2D eigenvalue weighted by Crippen LogP contribution is -2.30. The zero-order valence-electron chi connectivity index (χ0n) is 10.5. The first kappa shape index (κ1) is 15.2. The highest BCUT2D eigenvalue weighted by atomic mass is 35.5. The first-order chi connectivity index (χ1) is 8.60. The molecule has 0 saturated carbocycles. The zero-order valence-corrected chi connectivity index (χ0v) is 12.1. The Balaban J connectivity index is 3.05. The fourth-order valence-corrected chi connectivity index (χ4v) is 2.14. The molecule has 0 aliphatic carbocycles. The van der Waals surface area contributed by atoms with Gasteiger partial charge in [-0.3, -0.25) is 0 Å². The smallest absolute Gasteiger partial charge is 0.106 e. The number of halogens is 1. The highest BCUT2D eigenvalue weighted by molar-refractivity contribution is 7.80. The Morgan fingerprint density at radius 3 is 2.72 bits per heavy atom. The van der Waals surface area contributed by atoms with Crippen LogP contribution < -0.4 is 10.6 Å². The van der Waals surface area contributed by atoms with Crippen LogP contribution in [0.4, 0.5) is 5.69 Å².